The number of hydrogen-bond acceptors (Lipinski definition) is 6. The van der Waals surface area contributed by atoms with Crippen LogP contribution in [-0.4, -0.2) is 49.2 Å². The van der Waals surface area contributed by atoms with Gasteiger partial charge in [-0.3, -0.25) is 4.79 Å². The lowest BCUT2D eigenvalue weighted by Gasteiger charge is -2.17. The molecule has 0 radical (unpaired) electrons. The van der Waals surface area contributed by atoms with Crippen molar-refractivity contribution in [3.63, 3.8) is 0 Å². The van der Waals surface area contributed by atoms with Gasteiger partial charge in [0.25, 0.3) is 0 Å². The molecule has 1 aliphatic rings. The zero-order chi connectivity index (χ0) is 19.1. The topological polar surface area (TPSA) is 79.4 Å². The predicted molar refractivity (Wildman–Crippen MR) is 106 cm³/mol. The van der Waals surface area contributed by atoms with Crippen LogP contribution in [0.5, 0.6) is 5.75 Å². The van der Waals surface area contributed by atoms with Crippen molar-refractivity contribution in [1.82, 2.24) is 15.3 Å². The number of aryl methyl sites for hydroxylation is 1. The molecule has 1 fully saturated rings. The first-order valence-corrected chi connectivity index (χ1v) is 9.39. The van der Waals surface area contributed by atoms with Crippen molar-refractivity contribution in [3.05, 3.63) is 41.7 Å². The number of anilines is 2. The molecule has 1 aromatic carbocycles. The molecule has 2 aromatic rings. The summed E-state index contributed by atoms with van der Waals surface area (Å²) in [7, 11) is 1.61. The minimum Gasteiger partial charge on any atom is -0.496 e. The summed E-state index contributed by atoms with van der Waals surface area (Å²) in [5.74, 6) is 3.22. The van der Waals surface area contributed by atoms with Gasteiger partial charge < -0.3 is 20.3 Å². The fourth-order valence-electron chi connectivity index (χ4n) is 3.23. The van der Waals surface area contributed by atoms with Crippen LogP contribution in [0.1, 0.15) is 24.2 Å². The van der Waals surface area contributed by atoms with Crippen molar-refractivity contribution in [1.29, 1.82) is 0 Å². The number of para-hydroxylation sites is 1. The SMILES string of the molecule is COc1ccccc1CC(=O)NCCNc1cc(N2CCCC2)nc(C)n1. The second-order valence-corrected chi connectivity index (χ2v) is 6.62. The maximum absolute atomic E-state index is 12.1. The maximum atomic E-state index is 12.1. The van der Waals surface area contributed by atoms with Gasteiger partial charge in [-0.25, -0.2) is 9.97 Å². The summed E-state index contributed by atoms with van der Waals surface area (Å²) in [5, 5.41) is 6.20. The molecule has 1 aromatic heterocycles. The normalized spacial score (nSPS) is 13.5. The lowest BCUT2D eigenvalue weighted by atomic mass is 10.1. The van der Waals surface area contributed by atoms with Crippen molar-refractivity contribution in [3.8, 4) is 5.75 Å². The summed E-state index contributed by atoms with van der Waals surface area (Å²) >= 11 is 0. The molecule has 0 atom stereocenters. The van der Waals surface area contributed by atoms with Gasteiger partial charge in [0.1, 0.15) is 23.2 Å². The Morgan fingerprint density at radius 2 is 1.96 bits per heavy atom. The summed E-state index contributed by atoms with van der Waals surface area (Å²) in [6, 6.07) is 9.54. The summed E-state index contributed by atoms with van der Waals surface area (Å²) < 4.78 is 5.28. The first-order chi connectivity index (χ1) is 13.2. The van der Waals surface area contributed by atoms with Crippen molar-refractivity contribution in [2.24, 2.45) is 0 Å². The number of nitrogens with one attached hydrogen (secondary N) is 2. The third-order valence-corrected chi connectivity index (χ3v) is 4.55. The van der Waals surface area contributed by atoms with Crippen LogP contribution in [0.15, 0.2) is 30.3 Å². The Balaban J connectivity index is 1.46. The van der Waals surface area contributed by atoms with E-state index in [1.54, 1.807) is 7.11 Å². The molecule has 1 aliphatic heterocycles. The lowest BCUT2D eigenvalue weighted by molar-refractivity contribution is -0.120. The van der Waals surface area contributed by atoms with E-state index >= 15 is 0 Å². The molecule has 1 amide bonds. The zero-order valence-corrected chi connectivity index (χ0v) is 16.0. The van der Waals surface area contributed by atoms with Crippen molar-refractivity contribution >= 4 is 17.5 Å². The number of hydrogen-bond donors (Lipinski definition) is 2. The molecule has 7 heteroatoms. The minimum atomic E-state index is -0.0297. The highest BCUT2D eigenvalue weighted by molar-refractivity contribution is 5.79. The van der Waals surface area contributed by atoms with Crippen LogP contribution in [0.4, 0.5) is 11.6 Å². The number of carbonyl (C=O) groups is 1. The molecule has 0 spiro atoms. The van der Waals surface area contributed by atoms with E-state index in [1.165, 1.54) is 12.8 Å². The van der Waals surface area contributed by atoms with E-state index in [0.29, 0.717) is 19.5 Å². The van der Waals surface area contributed by atoms with E-state index in [-0.39, 0.29) is 5.91 Å². The van der Waals surface area contributed by atoms with Gasteiger partial charge >= 0.3 is 0 Å². The van der Waals surface area contributed by atoms with Crippen molar-refractivity contribution in [2.45, 2.75) is 26.2 Å². The first kappa shape index (κ1) is 18.9. The molecule has 7 nitrogen and oxygen atoms in total. The van der Waals surface area contributed by atoms with Crippen LogP contribution in [0, 0.1) is 6.92 Å². The Kier molecular flexibility index (Phi) is 6.46. The highest BCUT2D eigenvalue weighted by Crippen LogP contribution is 2.20. The second kappa shape index (κ2) is 9.21. The molecule has 0 unspecified atom stereocenters. The number of carbonyl (C=O) groups excluding carboxylic acids is 1. The molecule has 2 heterocycles. The van der Waals surface area contributed by atoms with E-state index in [9.17, 15) is 4.79 Å². The van der Waals surface area contributed by atoms with Gasteiger partial charge in [0.05, 0.1) is 13.5 Å². The molecule has 144 valence electrons. The molecule has 0 aliphatic carbocycles. The quantitative estimate of drug-likeness (QED) is 0.694. The lowest BCUT2D eigenvalue weighted by Crippen LogP contribution is -2.30. The minimum absolute atomic E-state index is 0.0297. The predicted octanol–water partition coefficient (Wildman–Crippen LogP) is 2.16. The third-order valence-electron chi connectivity index (χ3n) is 4.55. The van der Waals surface area contributed by atoms with Crippen molar-refractivity contribution < 1.29 is 9.53 Å². The van der Waals surface area contributed by atoms with Crippen LogP contribution < -0.4 is 20.3 Å². The Bertz CT molecular complexity index is 775. The van der Waals surface area contributed by atoms with Gasteiger partial charge in [0.2, 0.25) is 5.91 Å². The number of benzene rings is 1. The van der Waals surface area contributed by atoms with Gasteiger partial charge in [-0.1, -0.05) is 18.2 Å². The fraction of sp³-hybridized carbons (Fsp3) is 0.450. The van der Waals surface area contributed by atoms with E-state index in [1.807, 2.05) is 37.3 Å². The number of ether oxygens (including phenoxy) is 1. The summed E-state index contributed by atoms with van der Waals surface area (Å²) in [6.07, 6.45) is 2.73. The summed E-state index contributed by atoms with van der Waals surface area (Å²) in [6.45, 7) is 5.13. The monoisotopic (exact) mass is 369 g/mol. The van der Waals surface area contributed by atoms with Crippen LogP contribution in [0.3, 0.4) is 0 Å². The van der Waals surface area contributed by atoms with Gasteiger partial charge in [-0.15, -0.1) is 0 Å². The highest BCUT2D eigenvalue weighted by atomic mass is 16.5. The molecule has 0 saturated carbocycles. The number of methoxy groups -OCH3 is 1. The molecular weight excluding hydrogens is 342 g/mol. The van der Waals surface area contributed by atoms with Crippen LogP contribution in [0.25, 0.3) is 0 Å². The van der Waals surface area contributed by atoms with E-state index in [0.717, 1.165) is 41.9 Å². The highest BCUT2D eigenvalue weighted by Gasteiger charge is 2.15. The third kappa shape index (κ3) is 5.32. The Labute approximate surface area is 160 Å². The molecule has 0 bridgehead atoms. The molecule has 1 saturated heterocycles. The number of rotatable bonds is 8. The first-order valence-electron chi connectivity index (χ1n) is 9.39. The zero-order valence-electron chi connectivity index (χ0n) is 16.0. The van der Waals surface area contributed by atoms with E-state index in [4.69, 9.17) is 4.74 Å². The standard InChI is InChI=1S/C20H27N5O2/c1-15-23-18(14-19(24-15)25-11-5-6-12-25)21-9-10-22-20(26)13-16-7-3-4-8-17(16)27-2/h3-4,7-8,14H,5-6,9-13H2,1-2H3,(H,22,26)(H,21,23,24). The summed E-state index contributed by atoms with van der Waals surface area (Å²) in [4.78, 5) is 23.4. The Morgan fingerprint density at radius 1 is 1.19 bits per heavy atom. The largest absolute Gasteiger partial charge is 0.496 e. The van der Waals surface area contributed by atoms with Crippen LogP contribution in [-0.2, 0) is 11.2 Å². The van der Waals surface area contributed by atoms with Gasteiger partial charge in [0, 0.05) is 37.8 Å². The molecular formula is C20H27N5O2. The number of amides is 1. The van der Waals surface area contributed by atoms with Gasteiger partial charge in [-0.05, 0) is 25.8 Å². The average Bonchev–Trinajstić information content (AvgIpc) is 3.20. The smallest absolute Gasteiger partial charge is 0.224 e. The van der Waals surface area contributed by atoms with Crippen molar-refractivity contribution in [2.75, 3.05) is 43.5 Å². The maximum Gasteiger partial charge on any atom is 0.224 e. The van der Waals surface area contributed by atoms with E-state index < -0.39 is 0 Å². The van der Waals surface area contributed by atoms with Gasteiger partial charge in [0.15, 0.2) is 0 Å². The molecule has 2 N–H and O–H groups in total. The number of aromatic nitrogens is 2. The second-order valence-electron chi connectivity index (χ2n) is 6.62. The average molecular weight is 369 g/mol. The Morgan fingerprint density at radius 3 is 2.74 bits per heavy atom. The fourth-order valence-corrected chi connectivity index (χ4v) is 3.23. The van der Waals surface area contributed by atoms with Gasteiger partial charge in [-0.2, -0.15) is 0 Å². The number of nitrogens with zero attached hydrogens (tertiary/aromatic N) is 3. The van der Waals surface area contributed by atoms with Crippen LogP contribution >= 0.6 is 0 Å². The summed E-state index contributed by atoms with van der Waals surface area (Å²) in [5.41, 5.74) is 0.882. The molecule has 3 rings (SSSR count). The van der Waals surface area contributed by atoms with Crippen LogP contribution in [0.2, 0.25) is 0 Å². The molecule has 27 heavy (non-hydrogen) atoms. The Hall–Kier alpha value is -2.83. The van der Waals surface area contributed by atoms with E-state index in [2.05, 4.69) is 25.5 Å².